The van der Waals surface area contributed by atoms with Gasteiger partial charge in [0.25, 0.3) is 0 Å². The summed E-state index contributed by atoms with van der Waals surface area (Å²) < 4.78 is 5.02. The third-order valence-corrected chi connectivity index (χ3v) is 5.28. The number of fused-ring (bicyclic) bond motifs is 1. The zero-order valence-corrected chi connectivity index (χ0v) is 12.4. The van der Waals surface area contributed by atoms with E-state index >= 15 is 0 Å². The average molecular weight is 281 g/mol. The van der Waals surface area contributed by atoms with Crippen molar-refractivity contribution < 1.29 is 4.74 Å². The fourth-order valence-electron chi connectivity index (χ4n) is 3.30. The van der Waals surface area contributed by atoms with Gasteiger partial charge < -0.3 is 15.0 Å². The van der Waals surface area contributed by atoms with Gasteiger partial charge in [0.15, 0.2) is 5.13 Å². The van der Waals surface area contributed by atoms with E-state index in [1.807, 2.05) is 0 Å². The molecule has 0 radical (unpaired) electrons. The van der Waals surface area contributed by atoms with Crippen LogP contribution in [0.4, 0.5) is 5.13 Å². The van der Waals surface area contributed by atoms with Crippen LogP contribution in [0.3, 0.4) is 0 Å². The molecule has 1 aliphatic carbocycles. The monoisotopic (exact) mass is 281 g/mol. The predicted molar refractivity (Wildman–Crippen MR) is 78.7 cm³/mol. The lowest BCUT2D eigenvalue weighted by atomic mass is 10.0. The molecule has 1 saturated carbocycles. The van der Waals surface area contributed by atoms with Gasteiger partial charge in [-0.1, -0.05) is 6.42 Å². The predicted octanol–water partition coefficient (Wildman–Crippen LogP) is 2.12. The highest BCUT2D eigenvalue weighted by molar-refractivity contribution is 7.13. The van der Waals surface area contributed by atoms with Crippen molar-refractivity contribution in [2.24, 2.45) is 11.8 Å². The molecule has 0 amide bonds. The van der Waals surface area contributed by atoms with Crippen LogP contribution in [0, 0.1) is 11.8 Å². The molecule has 0 spiro atoms. The van der Waals surface area contributed by atoms with Crippen LogP contribution in [0.2, 0.25) is 0 Å². The molecule has 0 aromatic carbocycles. The van der Waals surface area contributed by atoms with Gasteiger partial charge >= 0.3 is 0 Å². The Balaban J connectivity index is 1.51. The molecule has 5 heteroatoms. The molecule has 2 atom stereocenters. The third-order valence-electron chi connectivity index (χ3n) is 4.33. The van der Waals surface area contributed by atoms with Crippen LogP contribution in [-0.4, -0.2) is 38.3 Å². The largest absolute Gasteiger partial charge is 0.383 e. The molecular weight excluding hydrogens is 258 g/mol. The van der Waals surface area contributed by atoms with E-state index in [4.69, 9.17) is 9.72 Å². The number of rotatable bonds is 6. The summed E-state index contributed by atoms with van der Waals surface area (Å²) >= 11 is 1.79. The first kappa shape index (κ1) is 13.3. The quantitative estimate of drug-likeness (QED) is 0.811. The highest BCUT2D eigenvalue weighted by atomic mass is 32.1. The Hall–Kier alpha value is -0.650. The smallest absolute Gasteiger partial charge is 0.185 e. The number of methoxy groups -OCH3 is 1. The normalized spacial score (nSPS) is 26.1. The summed E-state index contributed by atoms with van der Waals surface area (Å²) in [5.41, 5.74) is 1.16. The molecule has 0 bridgehead atoms. The lowest BCUT2D eigenvalue weighted by Gasteiger charge is -2.15. The summed E-state index contributed by atoms with van der Waals surface area (Å²) in [6.07, 6.45) is 4.30. The van der Waals surface area contributed by atoms with Crippen LogP contribution in [0.25, 0.3) is 0 Å². The molecule has 1 saturated heterocycles. The van der Waals surface area contributed by atoms with Crippen molar-refractivity contribution in [3.63, 3.8) is 0 Å². The molecule has 3 rings (SSSR count). The standard InChI is InChI=1S/C14H23N3OS/c1-18-6-5-15-7-13-10-19-14(16-13)17-8-11-3-2-4-12(11)9-17/h10-12,15H,2-9H2,1H3. The zero-order chi connectivity index (χ0) is 13.1. The van der Waals surface area contributed by atoms with E-state index in [-0.39, 0.29) is 0 Å². The topological polar surface area (TPSA) is 37.4 Å². The summed E-state index contributed by atoms with van der Waals surface area (Å²) in [6.45, 7) is 4.95. The first-order chi connectivity index (χ1) is 9.36. The van der Waals surface area contributed by atoms with Gasteiger partial charge in [-0.3, -0.25) is 0 Å². The molecule has 2 fully saturated rings. The summed E-state index contributed by atoms with van der Waals surface area (Å²) in [7, 11) is 1.73. The third kappa shape index (κ3) is 3.09. The molecule has 1 aromatic heterocycles. The van der Waals surface area contributed by atoms with E-state index in [1.165, 1.54) is 37.5 Å². The van der Waals surface area contributed by atoms with E-state index in [0.29, 0.717) is 0 Å². The molecule has 2 heterocycles. The van der Waals surface area contributed by atoms with E-state index < -0.39 is 0 Å². The second-order valence-corrected chi connectivity index (χ2v) is 6.48. The SMILES string of the molecule is COCCNCc1csc(N2CC3CCCC3C2)n1. The van der Waals surface area contributed by atoms with Crippen LogP contribution < -0.4 is 10.2 Å². The van der Waals surface area contributed by atoms with Gasteiger partial charge in [0, 0.05) is 38.7 Å². The molecule has 2 unspecified atom stereocenters. The van der Waals surface area contributed by atoms with Crippen LogP contribution in [0.1, 0.15) is 25.0 Å². The molecule has 4 nitrogen and oxygen atoms in total. The Morgan fingerprint density at radius 2 is 2.21 bits per heavy atom. The fourth-order valence-corrected chi connectivity index (χ4v) is 4.15. The molecule has 106 valence electrons. The number of thiazole rings is 1. The fraction of sp³-hybridized carbons (Fsp3) is 0.786. The Labute approximate surface area is 119 Å². The summed E-state index contributed by atoms with van der Waals surface area (Å²) in [6, 6.07) is 0. The Morgan fingerprint density at radius 3 is 2.95 bits per heavy atom. The van der Waals surface area contributed by atoms with Crippen LogP contribution in [0.15, 0.2) is 5.38 Å². The second-order valence-electron chi connectivity index (χ2n) is 5.65. The average Bonchev–Trinajstić information content (AvgIpc) is 3.08. The highest BCUT2D eigenvalue weighted by Gasteiger charge is 2.36. The van der Waals surface area contributed by atoms with Crippen molar-refractivity contribution in [2.45, 2.75) is 25.8 Å². The van der Waals surface area contributed by atoms with Crippen molar-refractivity contribution in [3.05, 3.63) is 11.1 Å². The van der Waals surface area contributed by atoms with Crippen molar-refractivity contribution in [2.75, 3.05) is 38.3 Å². The number of aromatic nitrogens is 1. The number of hydrogen-bond acceptors (Lipinski definition) is 5. The van der Waals surface area contributed by atoms with Gasteiger partial charge in [-0.25, -0.2) is 4.98 Å². The van der Waals surface area contributed by atoms with Crippen molar-refractivity contribution in [1.29, 1.82) is 0 Å². The highest BCUT2D eigenvalue weighted by Crippen LogP contribution is 2.40. The second kappa shape index (κ2) is 6.20. The van der Waals surface area contributed by atoms with Gasteiger partial charge in [0.05, 0.1) is 12.3 Å². The van der Waals surface area contributed by atoms with E-state index in [0.717, 1.165) is 37.2 Å². The Morgan fingerprint density at radius 1 is 1.42 bits per heavy atom. The van der Waals surface area contributed by atoms with E-state index in [9.17, 15) is 0 Å². The molecule has 1 aliphatic heterocycles. The number of ether oxygens (including phenoxy) is 1. The van der Waals surface area contributed by atoms with Crippen LogP contribution in [-0.2, 0) is 11.3 Å². The first-order valence-corrected chi connectivity index (χ1v) is 8.14. The minimum absolute atomic E-state index is 0.756. The van der Waals surface area contributed by atoms with Crippen LogP contribution >= 0.6 is 11.3 Å². The zero-order valence-electron chi connectivity index (χ0n) is 11.6. The van der Waals surface area contributed by atoms with Gasteiger partial charge in [-0.2, -0.15) is 0 Å². The minimum Gasteiger partial charge on any atom is -0.383 e. The van der Waals surface area contributed by atoms with E-state index in [1.54, 1.807) is 18.4 Å². The molecular formula is C14H23N3OS. The van der Waals surface area contributed by atoms with E-state index in [2.05, 4.69) is 15.6 Å². The molecule has 1 aromatic rings. The van der Waals surface area contributed by atoms with Gasteiger partial charge in [-0.15, -0.1) is 11.3 Å². The maximum Gasteiger partial charge on any atom is 0.185 e. The number of anilines is 1. The molecule has 1 N–H and O–H groups in total. The molecule has 2 aliphatic rings. The lowest BCUT2D eigenvalue weighted by Crippen LogP contribution is -2.21. The first-order valence-electron chi connectivity index (χ1n) is 7.26. The van der Waals surface area contributed by atoms with Gasteiger partial charge in [-0.05, 0) is 24.7 Å². The molecule has 19 heavy (non-hydrogen) atoms. The number of nitrogens with zero attached hydrogens (tertiary/aromatic N) is 2. The van der Waals surface area contributed by atoms with Crippen molar-refractivity contribution in [3.8, 4) is 0 Å². The Kier molecular flexibility index (Phi) is 4.35. The van der Waals surface area contributed by atoms with Crippen molar-refractivity contribution in [1.82, 2.24) is 10.3 Å². The van der Waals surface area contributed by atoms with Gasteiger partial charge in [0.2, 0.25) is 0 Å². The summed E-state index contributed by atoms with van der Waals surface area (Å²) in [4.78, 5) is 7.26. The maximum absolute atomic E-state index is 5.02. The summed E-state index contributed by atoms with van der Waals surface area (Å²) in [5, 5.41) is 6.75. The van der Waals surface area contributed by atoms with Crippen LogP contribution in [0.5, 0.6) is 0 Å². The lowest BCUT2D eigenvalue weighted by molar-refractivity contribution is 0.199. The maximum atomic E-state index is 5.02. The van der Waals surface area contributed by atoms with Crippen molar-refractivity contribution >= 4 is 16.5 Å². The Bertz CT molecular complexity index is 397. The number of hydrogen-bond donors (Lipinski definition) is 1. The van der Waals surface area contributed by atoms with Gasteiger partial charge in [0.1, 0.15) is 0 Å². The summed E-state index contributed by atoms with van der Waals surface area (Å²) in [5.74, 6) is 1.87. The minimum atomic E-state index is 0.756. The number of nitrogens with one attached hydrogen (secondary N) is 1.